The summed E-state index contributed by atoms with van der Waals surface area (Å²) >= 11 is 0. The zero-order chi connectivity index (χ0) is 14.0. The van der Waals surface area contributed by atoms with Crippen LogP contribution in [-0.2, 0) is 6.18 Å². The molecule has 0 bridgehead atoms. The Balaban J connectivity index is 2.62. The molecular weight excluding hydrogens is 261 g/mol. The first-order chi connectivity index (χ1) is 8.88. The molecule has 0 saturated carbocycles. The van der Waals surface area contributed by atoms with Gasteiger partial charge in [0.05, 0.1) is 10.5 Å². The molecule has 0 atom stereocenters. The van der Waals surface area contributed by atoms with Gasteiger partial charge in [0.25, 0.3) is 5.69 Å². The summed E-state index contributed by atoms with van der Waals surface area (Å²) in [6.45, 7) is 0. The molecule has 0 amide bonds. The van der Waals surface area contributed by atoms with Crippen molar-refractivity contribution in [2.45, 2.75) is 6.18 Å². The van der Waals surface area contributed by atoms with Gasteiger partial charge in [-0.2, -0.15) is 13.2 Å². The van der Waals surface area contributed by atoms with Crippen molar-refractivity contribution < 1.29 is 18.1 Å². The molecule has 0 aliphatic rings. The first-order valence-electron chi connectivity index (χ1n) is 5.15. The van der Waals surface area contributed by atoms with E-state index in [1.54, 1.807) is 6.07 Å². The fourth-order valence-electron chi connectivity index (χ4n) is 1.58. The molecule has 19 heavy (non-hydrogen) atoms. The van der Waals surface area contributed by atoms with Crippen LogP contribution in [0, 0.1) is 10.1 Å². The molecule has 0 aliphatic carbocycles. The quantitative estimate of drug-likeness (QED) is 0.616. The van der Waals surface area contributed by atoms with Crippen molar-refractivity contribution >= 4 is 5.69 Å². The van der Waals surface area contributed by atoms with Crippen molar-refractivity contribution in [3.63, 3.8) is 0 Å². The molecule has 0 N–H and O–H groups in total. The molecule has 0 spiro atoms. The van der Waals surface area contributed by atoms with E-state index in [1.807, 2.05) is 0 Å². The fourth-order valence-corrected chi connectivity index (χ4v) is 1.58. The molecule has 1 aromatic carbocycles. The summed E-state index contributed by atoms with van der Waals surface area (Å²) in [6.07, 6.45) is -1.83. The Morgan fingerprint density at radius 2 is 1.89 bits per heavy atom. The summed E-state index contributed by atoms with van der Waals surface area (Å²) in [5.41, 5.74) is -1.17. The SMILES string of the molecule is O=[N+]([O-])c1cc(-c2cccnc2)cc(C(F)(F)F)c1. The maximum atomic E-state index is 12.7. The van der Waals surface area contributed by atoms with E-state index in [0.29, 0.717) is 11.6 Å². The lowest BCUT2D eigenvalue weighted by molar-refractivity contribution is -0.385. The van der Waals surface area contributed by atoms with Crippen molar-refractivity contribution in [3.05, 3.63) is 58.4 Å². The second-order valence-electron chi connectivity index (χ2n) is 3.77. The average Bonchev–Trinajstić information content (AvgIpc) is 2.38. The second-order valence-corrected chi connectivity index (χ2v) is 3.77. The number of alkyl halides is 3. The summed E-state index contributed by atoms with van der Waals surface area (Å²) < 4.78 is 38.1. The lowest BCUT2D eigenvalue weighted by atomic mass is 10.0. The summed E-state index contributed by atoms with van der Waals surface area (Å²) in [6, 6.07) is 5.55. The van der Waals surface area contributed by atoms with Crippen LogP contribution < -0.4 is 0 Å². The van der Waals surface area contributed by atoms with Gasteiger partial charge in [0, 0.05) is 30.1 Å². The summed E-state index contributed by atoms with van der Waals surface area (Å²) in [5, 5.41) is 10.7. The molecule has 0 fully saturated rings. The zero-order valence-electron chi connectivity index (χ0n) is 9.39. The third kappa shape index (κ3) is 2.87. The molecule has 2 aromatic rings. The van der Waals surface area contributed by atoms with Crippen molar-refractivity contribution in [3.8, 4) is 11.1 Å². The van der Waals surface area contributed by atoms with Crippen LogP contribution >= 0.6 is 0 Å². The highest BCUT2D eigenvalue weighted by atomic mass is 19.4. The normalized spacial score (nSPS) is 11.3. The molecule has 7 heteroatoms. The molecule has 0 aliphatic heterocycles. The molecule has 0 radical (unpaired) electrons. The number of nitrogens with zero attached hydrogens (tertiary/aromatic N) is 2. The van der Waals surface area contributed by atoms with Gasteiger partial charge >= 0.3 is 6.18 Å². The number of hydrogen-bond acceptors (Lipinski definition) is 3. The smallest absolute Gasteiger partial charge is 0.264 e. The Morgan fingerprint density at radius 1 is 1.16 bits per heavy atom. The molecule has 2 rings (SSSR count). The Morgan fingerprint density at radius 3 is 2.42 bits per heavy atom. The van der Waals surface area contributed by atoms with Gasteiger partial charge in [0.15, 0.2) is 0 Å². The van der Waals surface area contributed by atoms with E-state index in [-0.39, 0.29) is 5.56 Å². The van der Waals surface area contributed by atoms with Crippen LogP contribution in [0.5, 0.6) is 0 Å². The van der Waals surface area contributed by atoms with Crippen molar-refractivity contribution in [1.29, 1.82) is 0 Å². The topological polar surface area (TPSA) is 56.0 Å². The minimum Gasteiger partial charge on any atom is -0.264 e. The fraction of sp³-hybridized carbons (Fsp3) is 0.0833. The lowest BCUT2D eigenvalue weighted by Gasteiger charge is -2.09. The Hall–Kier alpha value is -2.44. The molecule has 1 aromatic heterocycles. The van der Waals surface area contributed by atoms with Gasteiger partial charge in [0.1, 0.15) is 0 Å². The van der Waals surface area contributed by atoms with E-state index in [2.05, 4.69) is 4.98 Å². The Bertz CT molecular complexity index is 612. The van der Waals surface area contributed by atoms with Crippen LogP contribution in [0.2, 0.25) is 0 Å². The van der Waals surface area contributed by atoms with E-state index < -0.39 is 22.4 Å². The van der Waals surface area contributed by atoms with Gasteiger partial charge in [0.2, 0.25) is 0 Å². The average molecular weight is 268 g/mol. The predicted molar refractivity (Wildman–Crippen MR) is 61.3 cm³/mol. The summed E-state index contributed by atoms with van der Waals surface area (Å²) in [5.74, 6) is 0. The van der Waals surface area contributed by atoms with Crippen LogP contribution in [0.15, 0.2) is 42.7 Å². The largest absolute Gasteiger partial charge is 0.416 e. The standard InChI is InChI=1S/C12H7F3N2O2/c13-12(14,15)10-4-9(5-11(6-10)17(18)19)8-2-1-3-16-7-8/h1-7H. The van der Waals surface area contributed by atoms with Gasteiger partial charge < -0.3 is 0 Å². The number of aromatic nitrogens is 1. The van der Waals surface area contributed by atoms with Crippen molar-refractivity contribution in [1.82, 2.24) is 4.98 Å². The van der Waals surface area contributed by atoms with Crippen molar-refractivity contribution in [2.75, 3.05) is 0 Å². The van der Waals surface area contributed by atoms with E-state index in [4.69, 9.17) is 0 Å². The van der Waals surface area contributed by atoms with Crippen molar-refractivity contribution in [2.24, 2.45) is 0 Å². The Labute approximate surface area is 105 Å². The van der Waals surface area contributed by atoms with Gasteiger partial charge in [-0.05, 0) is 17.7 Å². The van der Waals surface area contributed by atoms with Gasteiger partial charge in [-0.1, -0.05) is 6.07 Å². The number of rotatable bonds is 2. The summed E-state index contributed by atoms with van der Waals surface area (Å²) in [4.78, 5) is 13.6. The number of halogens is 3. The number of benzene rings is 1. The van der Waals surface area contributed by atoms with Crippen LogP contribution in [0.3, 0.4) is 0 Å². The number of hydrogen-bond donors (Lipinski definition) is 0. The highest BCUT2D eigenvalue weighted by molar-refractivity contribution is 5.66. The Kier molecular flexibility index (Phi) is 3.20. The minimum absolute atomic E-state index is 0.106. The van der Waals surface area contributed by atoms with Crippen LogP contribution in [0.1, 0.15) is 5.56 Å². The highest BCUT2D eigenvalue weighted by Crippen LogP contribution is 2.35. The minimum atomic E-state index is -4.64. The van der Waals surface area contributed by atoms with Crippen LogP contribution in [-0.4, -0.2) is 9.91 Å². The summed E-state index contributed by atoms with van der Waals surface area (Å²) in [7, 11) is 0. The number of pyridine rings is 1. The van der Waals surface area contributed by atoms with Gasteiger partial charge in [-0.25, -0.2) is 0 Å². The van der Waals surface area contributed by atoms with E-state index >= 15 is 0 Å². The molecule has 98 valence electrons. The molecule has 4 nitrogen and oxygen atoms in total. The maximum Gasteiger partial charge on any atom is 0.416 e. The van der Waals surface area contributed by atoms with E-state index in [9.17, 15) is 23.3 Å². The number of non-ortho nitro benzene ring substituents is 1. The van der Waals surface area contributed by atoms with E-state index in [1.165, 1.54) is 18.5 Å². The number of nitro groups is 1. The lowest BCUT2D eigenvalue weighted by Crippen LogP contribution is -2.06. The first-order valence-corrected chi connectivity index (χ1v) is 5.15. The first kappa shape index (κ1) is 13.0. The predicted octanol–water partition coefficient (Wildman–Crippen LogP) is 3.68. The molecule has 0 saturated heterocycles. The van der Waals surface area contributed by atoms with Gasteiger partial charge in [-0.15, -0.1) is 0 Å². The van der Waals surface area contributed by atoms with Crippen LogP contribution in [0.25, 0.3) is 11.1 Å². The van der Waals surface area contributed by atoms with Gasteiger partial charge in [-0.3, -0.25) is 15.1 Å². The number of nitro benzene ring substituents is 1. The molecular formula is C12H7F3N2O2. The molecule has 1 heterocycles. The maximum absolute atomic E-state index is 12.7. The monoisotopic (exact) mass is 268 g/mol. The zero-order valence-corrected chi connectivity index (χ0v) is 9.39. The molecule has 0 unspecified atom stereocenters. The third-order valence-corrected chi connectivity index (χ3v) is 2.45. The van der Waals surface area contributed by atoms with E-state index in [0.717, 1.165) is 12.1 Å². The second kappa shape index (κ2) is 4.68. The van der Waals surface area contributed by atoms with Crippen LogP contribution in [0.4, 0.5) is 18.9 Å². The highest BCUT2D eigenvalue weighted by Gasteiger charge is 2.32. The third-order valence-electron chi connectivity index (χ3n) is 2.45.